The Morgan fingerprint density at radius 2 is 2.70 bits per heavy atom. The number of rotatable bonds is 2. The lowest BCUT2D eigenvalue weighted by Gasteiger charge is -1.94. The van der Waals surface area contributed by atoms with Crippen LogP contribution in [0.1, 0.15) is 0 Å². The minimum absolute atomic E-state index is 0.0488. The van der Waals surface area contributed by atoms with Crippen LogP contribution in [0.15, 0.2) is 16.9 Å². The molecule has 0 unspecified atom stereocenters. The summed E-state index contributed by atoms with van der Waals surface area (Å²) in [6.07, 6.45) is 1.37. The lowest BCUT2D eigenvalue weighted by atomic mass is 10.5. The summed E-state index contributed by atoms with van der Waals surface area (Å²) in [6, 6.07) is 1.54. The highest BCUT2D eigenvalue weighted by Gasteiger charge is 1.99. The van der Waals surface area contributed by atoms with E-state index < -0.39 is 0 Å². The number of anilines is 1. The van der Waals surface area contributed by atoms with Crippen molar-refractivity contribution in [1.82, 2.24) is 5.16 Å². The maximum Gasteiger partial charge on any atom is 0.239 e. The van der Waals surface area contributed by atoms with Crippen molar-refractivity contribution in [3.8, 4) is 0 Å². The molecular formula is C5H7N3O2. The molecule has 0 aliphatic carbocycles. The van der Waals surface area contributed by atoms with Gasteiger partial charge in [-0.1, -0.05) is 5.16 Å². The van der Waals surface area contributed by atoms with Gasteiger partial charge < -0.3 is 15.6 Å². The van der Waals surface area contributed by atoms with Crippen LogP contribution in [0, 0.1) is 0 Å². The van der Waals surface area contributed by atoms with E-state index in [2.05, 4.69) is 15.0 Å². The maximum atomic E-state index is 10.6. The van der Waals surface area contributed by atoms with Gasteiger partial charge in [0.2, 0.25) is 5.91 Å². The van der Waals surface area contributed by atoms with Crippen molar-refractivity contribution in [2.45, 2.75) is 0 Å². The molecule has 0 aliphatic heterocycles. The van der Waals surface area contributed by atoms with Crippen molar-refractivity contribution in [2.24, 2.45) is 5.73 Å². The highest BCUT2D eigenvalue weighted by atomic mass is 16.5. The van der Waals surface area contributed by atoms with Gasteiger partial charge in [0.1, 0.15) is 6.26 Å². The van der Waals surface area contributed by atoms with Crippen molar-refractivity contribution in [3.63, 3.8) is 0 Å². The lowest BCUT2D eigenvalue weighted by Crippen LogP contribution is -2.21. The molecule has 0 saturated heterocycles. The molecule has 5 heteroatoms. The molecule has 0 bridgehead atoms. The van der Waals surface area contributed by atoms with Crippen LogP contribution in [0.25, 0.3) is 0 Å². The van der Waals surface area contributed by atoms with Crippen LogP contribution in [0.2, 0.25) is 0 Å². The van der Waals surface area contributed by atoms with Gasteiger partial charge >= 0.3 is 0 Å². The Labute approximate surface area is 57.2 Å². The third-order valence-electron chi connectivity index (χ3n) is 0.891. The first-order valence-electron chi connectivity index (χ1n) is 2.73. The number of nitrogens with two attached hydrogens (primary N) is 1. The number of carbonyl (C=O) groups is 1. The van der Waals surface area contributed by atoms with E-state index >= 15 is 0 Å². The summed E-state index contributed by atoms with van der Waals surface area (Å²) in [4.78, 5) is 10.6. The van der Waals surface area contributed by atoms with Crippen molar-refractivity contribution < 1.29 is 9.32 Å². The SMILES string of the molecule is NCC(=O)Nc1ccon1. The van der Waals surface area contributed by atoms with Crippen LogP contribution < -0.4 is 11.1 Å². The van der Waals surface area contributed by atoms with Crippen molar-refractivity contribution in [1.29, 1.82) is 0 Å². The van der Waals surface area contributed by atoms with E-state index in [-0.39, 0.29) is 12.5 Å². The number of hydrogen-bond acceptors (Lipinski definition) is 4. The third-order valence-corrected chi connectivity index (χ3v) is 0.891. The summed E-state index contributed by atoms with van der Waals surface area (Å²) >= 11 is 0. The summed E-state index contributed by atoms with van der Waals surface area (Å²) in [6.45, 7) is -0.0488. The smallest absolute Gasteiger partial charge is 0.239 e. The number of nitrogens with one attached hydrogen (secondary N) is 1. The van der Waals surface area contributed by atoms with Crippen LogP contribution in [-0.2, 0) is 4.79 Å². The zero-order chi connectivity index (χ0) is 7.40. The van der Waals surface area contributed by atoms with E-state index in [1.165, 1.54) is 12.3 Å². The molecule has 0 aromatic carbocycles. The molecule has 1 aromatic rings. The van der Waals surface area contributed by atoms with Crippen LogP contribution in [0.3, 0.4) is 0 Å². The van der Waals surface area contributed by atoms with Gasteiger partial charge in [-0.2, -0.15) is 0 Å². The minimum Gasteiger partial charge on any atom is -0.363 e. The predicted molar refractivity (Wildman–Crippen MR) is 34.2 cm³/mol. The third kappa shape index (κ3) is 1.56. The van der Waals surface area contributed by atoms with E-state index in [4.69, 9.17) is 5.73 Å². The van der Waals surface area contributed by atoms with Gasteiger partial charge in [-0.25, -0.2) is 0 Å². The van der Waals surface area contributed by atoms with E-state index in [1.54, 1.807) is 0 Å². The fraction of sp³-hybridized carbons (Fsp3) is 0.200. The zero-order valence-electron chi connectivity index (χ0n) is 5.20. The van der Waals surface area contributed by atoms with Gasteiger partial charge in [-0.05, 0) is 0 Å². The Hall–Kier alpha value is -1.36. The first-order chi connectivity index (χ1) is 4.83. The molecule has 10 heavy (non-hydrogen) atoms. The number of nitrogens with zero attached hydrogens (tertiary/aromatic N) is 1. The predicted octanol–water partition coefficient (Wildman–Crippen LogP) is -0.428. The van der Waals surface area contributed by atoms with E-state index in [1.807, 2.05) is 0 Å². The number of carbonyl (C=O) groups excluding carboxylic acids is 1. The summed E-state index contributed by atoms with van der Waals surface area (Å²) in [7, 11) is 0. The van der Waals surface area contributed by atoms with Gasteiger partial charge in [-0.3, -0.25) is 4.79 Å². The molecule has 1 amide bonds. The van der Waals surface area contributed by atoms with Crippen LogP contribution in [-0.4, -0.2) is 17.6 Å². The number of hydrogen-bond donors (Lipinski definition) is 2. The molecule has 5 nitrogen and oxygen atoms in total. The Bertz CT molecular complexity index is 207. The van der Waals surface area contributed by atoms with Gasteiger partial charge in [0.25, 0.3) is 0 Å². The van der Waals surface area contributed by atoms with Crippen molar-refractivity contribution in [2.75, 3.05) is 11.9 Å². The molecule has 0 fully saturated rings. The molecule has 54 valence electrons. The molecule has 3 N–H and O–H groups in total. The molecule has 1 rings (SSSR count). The van der Waals surface area contributed by atoms with Crippen LogP contribution in [0.4, 0.5) is 5.82 Å². The topological polar surface area (TPSA) is 81.2 Å². The fourth-order valence-corrected chi connectivity index (χ4v) is 0.471. The normalized spacial score (nSPS) is 9.30. The zero-order valence-corrected chi connectivity index (χ0v) is 5.20. The highest BCUT2D eigenvalue weighted by Crippen LogP contribution is 1.99. The molecule has 1 heterocycles. The Morgan fingerprint density at radius 1 is 1.90 bits per heavy atom. The van der Waals surface area contributed by atoms with E-state index in [0.717, 1.165) is 0 Å². The maximum absolute atomic E-state index is 10.6. The summed E-state index contributed by atoms with van der Waals surface area (Å²) < 4.78 is 4.45. The van der Waals surface area contributed by atoms with Gasteiger partial charge in [0, 0.05) is 6.07 Å². The fourth-order valence-electron chi connectivity index (χ4n) is 0.471. The lowest BCUT2D eigenvalue weighted by molar-refractivity contribution is -0.114. The quantitative estimate of drug-likeness (QED) is 0.585. The standard InChI is InChI=1S/C5H7N3O2/c6-3-5(9)7-4-1-2-10-8-4/h1-2H,3,6H2,(H,7,8,9). The summed E-state index contributed by atoms with van der Waals surface area (Å²) in [5.41, 5.74) is 5.02. The first-order valence-corrected chi connectivity index (χ1v) is 2.73. The second-order valence-corrected chi connectivity index (χ2v) is 1.64. The largest absolute Gasteiger partial charge is 0.363 e. The molecule has 1 aromatic heterocycles. The minimum atomic E-state index is -0.283. The van der Waals surface area contributed by atoms with E-state index in [9.17, 15) is 4.79 Å². The average molecular weight is 141 g/mol. The molecule has 0 atom stereocenters. The van der Waals surface area contributed by atoms with Crippen molar-refractivity contribution >= 4 is 11.7 Å². The van der Waals surface area contributed by atoms with E-state index in [0.29, 0.717) is 5.82 Å². The molecule has 0 radical (unpaired) electrons. The average Bonchev–Trinajstić information content (AvgIpc) is 2.40. The summed E-state index contributed by atoms with van der Waals surface area (Å²) in [5, 5.41) is 5.84. The molecular weight excluding hydrogens is 134 g/mol. The molecule has 0 aliphatic rings. The number of aromatic nitrogens is 1. The van der Waals surface area contributed by atoms with Gasteiger partial charge in [-0.15, -0.1) is 0 Å². The second-order valence-electron chi connectivity index (χ2n) is 1.64. The Kier molecular flexibility index (Phi) is 2.01. The van der Waals surface area contributed by atoms with Gasteiger partial charge in [0.15, 0.2) is 5.82 Å². The van der Waals surface area contributed by atoms with Crippen LogP contribution in [0.5, 0.6) is 0 Å². The Morgan fingerprint density at radius 3 is 3.20 bits per heavy atom. The Balaban J connectivity index is 2.48. The number of amides is 1. The summed E-state index contributed by atoms with van der Waals surface area (Å²) in [5.74, 6) is 0.101. The highest BCUT2D eigenvalue weighted by molar-refractivity contribution is 5.90. The monoisotopic (exact) mass is 141 g/mol. The molecule has 0 saturated carbocycles. The first kappa shape index (κ1) is 6.76. The molecule has 0 spiro atoms. The van der Waals surface area contributed by atoms with Crippen molar-refractivity contribution in [3.05, 3.63) is 12.3 Å². The second kappa shape index (κ2) is 2.98. The van der Waals surface area contributed by atoms with Gasteiger partial charge in [0.05, 0.1) is 6.54 Å². The van der Waals surface area contributed by atoms with Crippen LogP contribution >= 0.6 is 0 Å².